The van der Waals surface area contributed by atoms with E-state index in [1.807, 2.05) is 53.6 Å². The molecule has 1 aromatic heterocycles. The van der Waals surface area contributed by atoms with Crippen molar-refractivity contribution < 1.29 is 14.3 Å². The van der Waals surface area contributed by atoms with Crippen LogP contribution in [0.15, 0.2) is 43.0 Å². The molecule has 0 N–H and O–H groups in total. The number of carbonyl (C=O) groups excluding carboxylic acids is 2. The summed E-state index contributed by atoms with van der Waals surface area (Å²) in [6.45, 7) is 13.3. The van der Waals surface area contributed by atoms with E-state index in [1.54, 1.807) is 13.0 Å². The predicted molar refractivity (Wildman–Crippen MR) is 116 cm³/mol. The van der Waals surface area contributed by atoms with E-state index >= 15 is 0 Å². The SMILES string of the molecule is C=CCn1c(C)c(C(=O)N(CCCC)Cc2ccccc2)c(C)c1C(=O)OCC. The van der Waals surface area contributed by atoms with Crippen LogP contribution in [0.25, 0.3) is 0 Å². The summed E-state index contributed by atoms with van der Waals surface area (Å²) >= 11 is 0. The van der Waals surface area contributed by atoms with Gasteiger partial charge >= 0.3 is 5.97 Å². The van der Waals surface area contributed by atoms with Crippen molar-refractivity contribution in [1.82, 2.24) is 9.47 Å². The quantitative estimate of drug-likeness (QED) is 0.423. The second kappa shape index (κ2) is 10.6. The van der Waals surface area contributed by atoms with Gasteiger partial charge in [0.25, 0.3) is 5.91 Å². The molecule has 5 heteroatoms. The van der Waals surface area contributed by atoms with Gasteiger partial charge in [-0.3, -0.25) is 4.79 Å². The molecule has 0 spiro atoms. The summed E-state index contributed by atoms with van der Waals surface area (Å²) in [5, 5.41) is 0. The van der Waals surface area contributed by atoms with Crippen LogP contribution in [0.4, 0.5) is 0 Å². The van der Waals surface area contributed by atoms with Gasteiger partial charge in [-0.25, -0.2) is 4.79 Å². The molecule has 0 unspecified atom stereocenters. The molecule has 0 saturated carbocycles. The zero-order chi connectivity index (χ0) is 21.4. The van der Waals surface area contributed by atoms with Gasteiger partial charge in [0.05, 0.1) is 12.2 Å². The van der Waals surface area contributed by atoms with Crippen LogP contribution in [0.1, 0.15) is 64.4 Å². The van der Waals surface area contributed by atoms with Gasteiger partial charge in [-0.1, -0.05) is 49.8 Å². The van der Waals surface area contributed by atoms with Gasteiger partial charge in [-0.2, -0.15) is 0 Å². The first-order valence-electron chi connectivity index (χ1n) is 10.3. The molecule has 0 aliphatic heterocycles. The van der Waals surface area contributed by atoms with Crippen LogP contribution in [-0.2, 0) is 17.8 Å². The van der Waals surface area contributed by atoms with Gasteiger partial charge in [0.2, 0.25) is 0 Å². The Morgan fingerprint density at radius 1 is 1.17 bits per heavy atom. The monoisotopic (exact) mass is 396 g/mol. The van der Waals surface area contributed by atoms with Crippen molar-refractivity contribution in [2.24, 2.45) is 0 Å². The highest BCUT2D eigenvalue weighted by molar-refractivity contribution is 6.01. The average molecular weight is 397 g/mol. The summed E-state index contributed by atoms with van der Waals surface area (Å²) in [6.07, 6.45) is 3.65. The number of ether oxygens (including phenoxy) is 1. The standard InChI is InChI=1S/C24H32N2O3/c1-6-9-16-25(17-20-13-11-10-12-14-20)23(27)21-18(4)22(24(28)29-8-3)26(15-7-2)19(21)5/h7,10-14H,2,6,8-9,15-17H2,1,3-5H3. The predicted octanol–water partition coefficient (Wildman–Crippen LogP) is 4.91. The lowest BCUT2D eigenvalue weighted by molar-refractivity contribution is 0.0513. The van der Waals surface area contributed by atoms with Crippen LogP contribution in [0, 0.1) is 13.8 Å². The molecule has 0 fully saturated rings. The first-order chi connectivity index (χ1) is 14.0. The highest BCUT2D eigenvalue weighted by Crippen LogP contribution is 2.26. The number of unbranched alkanes of at least 4 members (excludes halogenated alkanes) is 1. The fraction of sp³-hybridized carbons (Fsp3) is 0.417. The van der Waals surface area contributed by atoms with Crippen molar-refractivity contribution in [3.8, 4) is 0 Å². The van der Waals surface area contributed by atoms with E-state index in [1.165, 1.54) is 0 Å². The van der Waals surface area contributed by atoms with Crippen molar-refractivity contribution in [3.63, 3.8) is 0 Å². The van der Waals surface area contributed by atoms with Crippen LogP contribution < -0.4 is 0 Å². The summed E-state index contributed by atoms with van der Waals surface area (Å²) < 4.78 is 7.07. The Morgan fingerprint density at radius 2 is 1.86 bits per heavy atom. The first kappa shape index (κ1) is 22.5. The second-order valence-electron chi connectivity index (χ2n) is 7.12. The Balaban J connectivity index is 2.48. The molecule has 2 aromatic rings. The van der Waals surface area contributed by atoms with E-state index in [-0.39, 0.29) is 12.5 Å². The van der Waals surface area contributed by atoms with Crippen LogP contribution >= 0.6 is 0 Å². The average Bonchev–Trinajstić information content (AvgIpc) is 2.95. The topological polar surface area (TPSA) is 51.5 Å². The molecule has 0 bridgehead atoms. The number of carbonyl (C=O) groups is 2. The Hall–Kier alpha value is -2.82. The molecule has 0 radical (unpaired) electrons. The number of hydrogen-bond acceptors (Lipinski definition) is 3. The molecule has 29 heavy (non-hydrogen) atoms. The molecule has 2 rings (SSSR count). The molecular weight excluding hydrogens is 364 g/mol. The summed E-state index contributed by atoms with van der Waals surface area (Å²) in [5.74, 6) is -0.456. The minimum Gasteiger partial charge on any atom is -0.461 e. The lowest BCUT2D eigenvalue weighted by atomic mass is 10.1. The number of amides is 1. The lowest BCUT2D eigenvalue weighted by Crippen LogP contribution is -2.32. The Kier molecular flexibility index (Phi) is 8.25. The molecule has 1 aromatic carbocycles. The maximum atomic E-state index is 13.6. The van der Waals surface area contributed by atoms with Crippen LogP contribution in [0.2, 0.25) is 0 Å². The fourth-order valence-electron chi connectivity index (χ4n) is 3.59. The summed E-state index contributed by atoms with van der Waals surface area (Å²) in [7, 11) is 0. The number of aromatic nitrogens is 1. The maximum Gasteiger partial charge on any atom is 0.355 e. The number of benzene rings is 1. The highest BCUT2D eigenvalue weighted by Gasteiger charge is 2.29. The highest BCUT2D eigenvalue weighted by atomic mass is 16.5. The van der Waals surface area contributed by atoms with Gasteiger partial charge in [0, 0.05) is 25.3 Å². The Morgan fingerprint density at radius 3 is 2.45 bits per heavy atom. The molecule has 0 atom stereocenters. The molecule has 0 aliphatic rings. The van der Waals surface area contributed by atoms with Gasteiger partial charge in [-0.05, 0) is 38.3 Å². The smallest absolute Gasteiger partial charge is 0.355 e. The Bertz CT molecular complexity index is 853. The van der Waals surface area contributed by atoms with Crippen molar-refractivity contribution in [2.75, 3.05) is 13.2 Å². The maximum absolute atomic E-state index is 13.6. The van der Waals surface area contributed by atoms with Gasteiger partial charge in [0.1, 0.15) is 5.69 Å². The van der Waals surface area contributed by atoms with Crippen LogP contribution in [0.5, 0.6) is 0 Å². The number of nitrogens with zero attached hydrogens (tertiary/aromatic N) is 2. The van der Waals surface area contributed by atoms with Gasteiger partial charge < -0.3 is 14.2 Å². The van der Waals surface area contributed by atoms with E-state index in [2.05, 4.69) is 13.5 Å². The molecule has 0 aliphatic carbocycles. The number of esters is 1. The fourth-order valence-corrected chi connectivity index (χ4v) is 3.59. The molecule has 5 nitrogen and oxygen atoms in total. The first-order valence-corrected chi connectivity index (χ1v) is 10.3. The number of hydrogen-bond donors (Lipinski definition) is 0. The Labute approximate surface area is 174 Å². The van der Waals surface area contributed by atoms with E-state index < -0.39 is 5.97 Å². The minimum atomic E-state index is -0.405. The second-order valence-corrected chi connectivity index (χ2v) is 7.12. The van der Waals surface area contributed by atoms with Crippen LogP contribution in [-0.4, -0.2) is 34.5 Å². The van der Waals surface area contributed by atoms with Crippen LogP contribution in [0.3, 0.4) is 0 Å². The van der Waals surface area contributed by atoms with Crippen molar-refractivity contribution in [1.29, 1.82) is 0 Å². The van der Waals surface area contributed by atoms with Crippen molar-refractivity contribution in [2.45, 2.75) is 53.6 Å². The van der Waals surface area contributed by atoms with Crippen molar-refractivity contribution >= 4 is 11.9 Å². The molecule has 0 saturated heterocycles. The largest absolute Gasteiger partial charge is 0.461 e. The van der Waals surface area contributed by atoms with Crippen molar-refractivity contribution in [3.05, 3.63) is 71.1 Å². The van der Waals surface area contributed by atoms with E-state index in [9.17, 15) is 9.59 Å². The normalized spacial score (nSPS) is 10.6. The lowest BCUT2D eigenvalue weighted by Gasteiger charge is -2.23. The third-order valence-electron chi connectivity index (χ3n) is 5.05. The molecule has 1 amide bonds. The summed E-state index contributed by atoms with van der Waals surface area (Å²) in [4.78, 5) is 28.0. The molecular formula is C24H32N2O3. The van der Waals surface area contributed by atoms with Gasteiger partial charge in [0.15, 0.2) is 0 Å². The molecule has 1 heterocycles. The molecule has 156 valence electrons. The van der Waals surface area contributed by atoms with E-state index in [0.717, 1.165) is 24.1 Å². The van der Waals surface area contributed by atoms with E-state index in [4.69, 9.17) is 4.74 Å². The third kappa shape index (κ3) is 5.17. The van der Waals surface area contributed by atoms with E-state index in [0.29, 0.717) is 36.5 Å². The van der Waals surface area contributed by atoms with Gasteiger partial charge in [-0.15, -0.1) is 6.58 Å². The summed E-state index contributed by atoms with van der Waals surface area (Å²) in [5.41, 5.74) is 3.54. The number of allylic oxidation sites excluding steroid dienone is 1. The summed E-state index contributed by atoms with van der Waals surface area (Å²) in [6, 6.07) is 9.98. The number of rotatable bonds is 10. The zero-order valence-electron chi connectivity index (χ0n) is 18.0. The zero-order valence-corrected chi connectivity index (χ0v) is 18.0. The minimum absolute atomic E-state index is 0.0503. The third-order valence-corrected chi connectivity index (χ3v) is 5.05.